The van der Waals surface area contributed by atoms with Crippen LogP contribution < -0.4 is 0 Å². The summed E-state index contributed by atoms with van der Waals surface area (Å²) in [5.41, 5.74) is 0.632. The third-order valence-electron chi connectivity index (χ3n) is 2.18. The predicted octanol–water partition coefficient (Wildman–Crippen LogP) is 3.89. The second-order valence-electron chi connectivity index (χ2n) is 4.10. The molecule has 0 amide bonds. The van der Waals surface area contributed by atoms with Crippen molar-refractivity contribution in [3.8, 4) is 0 Å². The molecule has 0 saturated heterocycles. The molecule has 0 unspecified atom stereocenters. The van der Waals surface area contributed by atoms with Crippen LogP contribution in [0.3, 0.4) is 0 Å². The van der Waals surface area contributed by atoms with Crippen LogP contribution in [0.2, 0.25) is 0 Å². The van der Waals surface area contributed by atoms with Gasteiger partial charge in [0.1, 0.15) is 11.0 Å². The largest absolute Gasteiger partial charge is 0.202 e. The van der Waals surface area contributed by atoms with E-state index in [9.17, 15) is 8.78 Å². The molecule has 92 valence electrons. The first kappa shape index (κ1) is 12.9. The maximum Gasteiger partial charge on any atom is 0.176 e. The second kappa shape index (κ2) is 4.61. The minimum atomic E-state index is -0.957. The van der Waals surface area contributed by atoms with Crippen LogP contribution in [0.4, 0.5) is 8.78 Å². The van der Waals surface area contributed by atoms with Gasteiger partial charge in [0, 0.05) is 0 Å². The van der Waals surface area contributed by atoms with Gasteiger partial charge in [-0.2, -0.15) is 15.0 Å². The number of fused-ring (bicyclic) bond motifs is 1. The molecule has 1 aromatic heterocycles. The van der Waals surface area contributed by atoms with Gasteiger partial charge in [0.25, 0.3) is 0 Å². The minimum Gasteiger partial charge on any atom is -0.202 e. The number of hydrogen-bond acceptors (Lipinski definition) is 2. The first-order valence-corrected chi connectivity index (χ1v) is 6.57. The number of rotatable bonds is 2. The molecule has 1 aromatic carbocycles. The zero-order chi connectivity index (χ0) is 12.7. The van der Waals surface area contributed by atoms with Crippen molar-refractivity contribution in [1.29, 1.82) is 0 Å². The summed E-state index contributed by atoms with van der Waals surface area (Å²) in [6.45, 7) is 4.62. The maximum atomic E-state index is 13.5. The van der Waals surface area contributed by atoms with Gasteiger partial charge >= 0.3 is 0 Å². The fraction of sp³-hybridized carbons (Fsp3) is 0.400. The van der Waals surface area contributed by atoms with Crippen LogP contribution in [0, 0.1) is 17.6 Å². The summed E-state index contributed by atoms with van der Waals surface area (Å²) in [7, 11) is 0. The van der Waals surface area contributed by atoms with E-state index in [1.807, 2.05) is 13.8 Å². The summed E-state index contributed by atoms with van der Waals surface area (Å²) >= 11 is 5.99. The molecule has 0 saturated carbocycles. The first-order valence-electron chi connectivity index (χ1n) is 4.98. The SMILES string of the molecule is CC(C)Cn1nc2c(Br)c(F)c(F)c(Br)c2n1. The lowest BCUT2D eigenvalue weighted by molar-refractivity contribution is 0.441. The van der Waals surface area contributed by atoms with Gasteiger partial charge < -0.3 is 0 Å². The summed E-state index contributed by atoms with van der Waals surface area (Å²) in [5.74, 6) is -1.56. The van der Waals surface area contributed by atoms with Gasteiger partial charge in [0.15, 0.2) is 11.6 Å². The van der Waals surface area contributed by atoms with Crippen molar-refractivity contribution in [2.24, 2.45) is 5.92 Å². The molecule has 1 heterocycles. The third-order valence-corrected chi connectivity index (χ3v) is 3.62. The Bertz CT molecular complexity index is 536. The average Bonchev–Trinajstić information content (AvgIpc) is 2.66. The monoisotopic (exact) mass is 367 g/mol. The minimum absolute atomic E-state index is 0.00297. The average molecular weight is 369 g/mol. The van der Waals surface area contributed by atoms with Gasteiger partial charge in [-0.25, -0.2) is 8.78 Å². The van der Waals surface area contributed by atoms with Gasteiger partial charge in [-0.15, -0.1) is 0 Å². The van der Waals surface area contributed by atoms with Gasteiger partial charge in [-0.3, -0.25) is 0 Å². The van der Waals surface area contributed by atoms with Crippen LogP contribution in [-0.4, -0.2) is 15.0 Å². The van der Waals surface area contributed by atoms with Crippen molar-refractivity contribution in [3.05, 3.63) is 20.6 Å². The Hall–Kier alpha value is -0.560. The van der Waals surface area contributed by atoms with E-state index in [0.29, 0.717) is 23.5 Å². The van der Waals surface area contributed by atoms with Gasteiger partial charge in [0.05, 0.1) is 15.5 Å². The molecule has 2 rings (SSSR count). The number of aromatic nitrogens is 3. The van der Waals surface area contributed by atoms with Crippen molar-refractivity contribution in [2.45, 2.75) is 20.4 Å². The Morgan fingerprint density at radius 1 is 1.06 bits per heavy atom. The smallest absolute Gasteiger partial charge is 0.176 e. The summed E-state index contributed by atoms with van der Waals surface area (Å²) in [4.78, 5) is 1.45. The van der Waals surface area contributed by atoms with E-state index in [1.54, 1.807) is 0 Å². The van der Waals surface area contributed by atoms with Crippen molar-refractivity contribution < 1.29 is 8.78 Å². The lowest BCUT2D eigenvalue weighted by atomic mass is 10.2. The van der Waals surface area contributed by atoms with Crippen LogP contribution in [0.15, 0.2) is 8.95 Å². The standard InChI is InChI=1S/C10H9Br2F2N3/c1-4(2)3-17-15-9-5(11)7(13)8(14)6(12)10(9)16-17/h4H,3H2,1-2H3. The van der Waals surface area contributed by atoms with Crippen LogP contribution in [0.5, 0.6) is 0 Å². The van der Waals surface area contributed by atoms with Crippen molar-refractivity contribution in [1.82, 2.24) is 15.0 Å². The van der Waals surface area contributed by atoms with E-state index in [2.05, 4.69) is 42.1 Å². The predicted molar refractivity (Wildman–Crippen MR) is 67.7 cm³/mol. The van der Waals surface area contributed by atoms with Gasteiger partial charge in [-0.05, 0) is 37.8 Å². The highest BCUT2D eigenvalue weighted by Crippen LogP contribution is 2.33. The third kappa shape index (κ3) is 2.22. The van der Waals surface area contributed by atoms with E-state index >= 15 is 0 Å². The van der Waals surface area contributed by atoms with Crippen LogP contribution >= 0.6 is 31.9 Å². The molecule has 0 aliphatic carbocycles. The molecule has 0 bridgehead atoms. The number of nitrogens with zero attached hydrogens (tertiary/aromatic N) is 3. The normalized spacial score (nSPS) is 11.7. The van der Waals surface area contributed by atoms with E-state index in [-0.39, 0.29) is 8.95 Å². The lowest BCUT2D eigenvalue weighted by Gasteiger charge is -2.01. The molecular formula is C10H9Br2F2N3. The molecule has 0 aliphatic rings. The molecule has 0 fully saturated rings. The van der Waals surface area contributed by atoms with E-state index < -0.39 is 11.6 Å². The highest BCUT2D eigenvalue weighted by molar-refractivity contribution is 9.11. The first-order chi connectivity index (χ1) is 7.91. The molecule has 0 aliphatic heterocycles. The number of hydrogen-bond donors (Lipinski definition) is 0. The van der Waals surface area contributed by atoms with Crippen molar-refractivity contribution in [2.75, 3.05) is 0 Å². The molecule has 0 spiro atoms. The van der Waals surface area contributed by atoms with Crippen LogP contribution in [0.25, 0.3) is 11.0 Å². The fourth-order valence-electron chi connectivity index (χ4n) is 1.45. The van der Waals surface area contributed by atoms with Crippen LogP contribution in [-0.2, 0) is 6.54 Å². The lowest BCUT2D eigenvalue weighted by Crippen LogP contribution is -2.07. The van der Waals surface area contributed by atoms with E-state index in [1.165, 1.54) is 4.80 Å². The van der Waals surface area contributed by atoms with E-state index in [0.717, 1.165) is 0 Å². The molecule has 17 heavy (non-hydrogen) atoms. The Morgan fingerprint density at radius 2 is 1.47 bits per heavy atom. The van der Waals surface area contributed by atoms with Gasteiger partial charge in [0.2, 0.25) is 0 Å². The van der Waals surface area contributed by atoms with Crippen LogP contribution in [0.1, 0.15) is 13.8 Å². The topological polar surface area (TPSA) is 30.7 Å². The summed E-state index contributed by atoms with van der Waals surface area (Å²) < 4.78 is 26.9. The van der Waals surface area contributed by atoms with Gasteiger partial charge in [-0.1, -0.05) is 13.8 Å². The molecule has 7 heteroatoms. The maximum absolute atomic E-state index is 13.5. The Labute approximate surface area is 113 Å². The molecule has 0 N–H and O–H groups in total. The van der Waals surface area contributed by atoms with Crippen molar-refractivity contribution >= 4 is 42.9 Å². The molecule has 2 aromatic rings. The summed E-state index contributed by atoms with van der Waals surface area (Å²) in [6.07, 6.45) is 0. The molecule has 0 atom stereocenters. The summed E-state index contributed by atoms with van der Waals surface area (Å²) in [5, 5.41) is 8.27. The zero-order valence-electron chi connectivity index (χ0n) is 9.14. The molecular weight excluding hydrogens is 360 g/mol. The van der Waals surface area contributed by atoms with E-state index in [4.69, 9.17) is 0 Å². The molecule has 0 radical (unpaired) electrons. The zero-order valence-corrected chi connectivity index (χ0v) is 12.3. The second-order valence-corrected chi connectivity index (χ2v) is 5.69. The Morgan fingerprint density at radius 3 is 1.82 bits per heavy atom. The summed E-state index contributed by atoms with van der Waals surface area (Å²) in [6, 6.07) is 0. The highest BCUT2D eigenvalue weighted by Gasteiger charge is 2.21. The highest BCUT2D eigenvalue weighted by atomic mass is 79.9. The number of benzene rings is 1. The number of halogens is 4. The quantitative estimate of drug-likeness (QED) is 0.594. The fourth-order valence-corrected chi connectivity index (χ4v) is 2.33. The molecule has 3 nitrogen and oxygen atoms in total. The Balaban J connectivity index is 2.68. The van der Waals surface area contributed by atoms with Crippen molar-refractivity contribution in [3.63, 3.8) is 0 Å². The Kier molecular flexibility index (Phi) is 3.49.